The van der Waals surface area contributed by atoms with Crippen LogP contribution < -0.4 is 5.73 Å². The van der Waals surface area contributed by atoms with Crippen LogP contribution in [0.1, 0.15) is 64.6 Å². The number of aliphatic hydroxyl groups excluding tert-OH is 1. The molecule has 1 unspecified atom stereocenters. The first-order chi connectivity index (χ1) is 19.6. The van der Waals surface area contributed by atoms with Gasteiger partial charge in [-0.1, -0.05) is 20.8 Å². The number of phenolic OH excluding ortho intramolecular Hbond substituents is 1. The van der Waals surface area contributed by atoms with Crippen molar-refractivity contribution in [3.8, 4) is 5.75 Å². The summed E-state index contributed by atoms with van der Waals surface area (Å²) in [5.74, 6) is 2.07. The Labute approximate surface area is 237 Å². The number of aryl methyl sites for hydroxylation is 1. The number of hydrogen-bond donors (Lipinski definition) is 4. The second kappa shape index (κ2) is 9.62. The van der Waals surface area contributed by atoms with Gasteiger partial charge in [0.25, 0.3) is 0 Å². The van der Waals surface area contributed by atoms with Crippen LogP contribution in [0.15, 0.2) is 24.8 Å². The molecule has 1 aliphatic carbocycles. The van der Waals surface area contributed by atoms with E-state index in [1.165, 1.54) is 6.33 Å². The summed E-state index contributed by atoms with van der Waals surface area (Å²) in [4.78, 5) is 23.1. The highest BCUT2D eigenvalue weighted by Gasteiger charge is 2.52. The summed E-state index contributed by atoms with van der Waals surface area (Å²) in [5, 5.41) is 21.7. The summed E-state index contributed by atoms with van der Waals surface area (Å²) in [6.07, 6.45) is 4.70. The minimum absolute atomic E-state index is 0.0546. The molecule has 5 atom stereocenters. The van der Waals surface area contributed by atoms with Crippen molar-refractivity contribution in [2.75, 3.05) is 12.3 Å². The lowest BCUT2D eigenvalue weighted by atomic mass is 9.76. The molecule has 0 bridgehead atoms. The number of aliphatic hydroxyl groups is 1. The van der Waals surface area contributed by atoms with Crippen molar-refractivity contribution in [2.45, 2.75) is 95.6 Å². The minimum atomic E-state index is -0.852. The Morgan fingerprint density at radius 3 is 2.73 bits per heavy atom. The maximum Gasteiger partial charge on any atom is 0.167 e. The molecule has 218 valence electrons. The third-order valence-electron chi connectivity index (χ3n) is 9.14. The first-order valence-electron chi connectivity index (χ1n) is 14.5. The van der Waals surface area contributed by atoms with Crippen molar-refractivity contribution in [3.05, 3.63) is 36.2 Å². The molecule has 1 aromatic carbocycles. The molecule has 41 heavy (non-hydrogen) atoms. The summed E-state index contributed by atoms with van der Waals surface area (Å²) < 4.78 is 14.4. The molecule has 0 radical (unpaired) electrons. The number of anilines is 1. The Kier molecular flexibility index (Phi) is 6.23. The topological polar surface area (TPSA) is 160 Å². The molecule has 2 saturated heterocycles. The van der Waals surface area contributed by atoms with Gasteiger partial charge < -0.3 is 30.4 Å². The molecule has 0 amide bonds. The maximum atomic E-state index is 11.1. The first-order valence-corrected chi connectivity index (χ1v) is 14.5. The Hall–Kier alpha value is -3.32. The second-order valence-corrected chi connectivity index (χ2v) is 12.9. The molecule has 2 aliphatic heterocycles. The number of aromatic amines is 1. The largest absolute Gasteiger partial charge is 0.506 e. The molecular weight excluding hydrogens is 524 g/mol. The number of phenols is 1. The zero-order valence-electron chi connectivity index (χ0n) is 23.9. The highest BCUT2D eigenvalue weighted by molar-refractivity contribution is 5.83. The van der Waals surface area contributed by atoms with Crippen LogP contribution in [0.2, 0.25) is 0 Å². The molecule has 5 N–H and O–H groups in total. The van der Waals surface area contributed by atoms with Crippen molar-refractivity contribution in [2.24, 2.45) is 5.92 Å². The van der Waals surface area contributed by atoms with E-state index in [2.05, 4.69) is 58.6 Å². The number of imidazole rings is 2. The number of aromatic hydroxyl groups is 1. The Balaban J connectivity index is 0.967. The molecule has 4 aromatic rings. The van der Waals surface area contributed by atoms with E-state index in [-0.39, 0.29) is 23.5 Å². The molecule has 12 nitrogen and oxygen atoms in total. The van der Waals surface area contributed by atoms with Crippen LogP contribution in [0, 0.1) is 5.92 Å². The van der Waals surface area contributed by atoms with Crippen molar-refractivity contribution in [3.63, 3.8) is 0 Å². The lowest BCUT2D eigenvalue weighted by Gasteiger charge is -2.49. The van der Waals surface area contributed by atoms with E-state index in [0.717, 1.165) is 42.6 Å². The fourth-order valence-corrected chi connectivity index (χ4v) is 6.67. The molecule has 3 aliphatic rings. The van der Waals surface area contributed by atoms with Gasteiger partial charge in [-0.2, -0.15) is 0 Å². The van der Waals surface area contributed by atoms with E-state index < -0.39 is 18.4 Å². The van der Waals surface area contributed by atoms with Crippen LogP contribution in [-0.4, -0.2) is 81.7 Å². The van der Waals surface area contributed by atoms with Crippen molar-refractivity contribution < 1.29 is 19.7 Å². The smallest absolute Gasteiger partial charge is 0.167 e. The third kappa shape index (κ3) is 4.53. The van der Waals surface area contributed by atoms with Crippen LogP contribution in [0.25, 0.3) is 22.2 Å². The normalized spacial score (nSPS) is 30.6. The number of hydrogen-bond acceptors (Lipinski definition) is 10. The molecule has 5 heterocycles. The summed E-state index contributed by atoms with van der Waals surface area (Å²) >= 11 is 0. The molecule has 0 spiro atoms. The van der Waals surface area contributed by atoms with Crippen molar-refractivity contribution in [1.29, 1.82) is 0 Å². The standard InChI is InChI=1S/C29H38N8O4/c1-14-36(11-20-25(40-14)24(39)28(41-20)37-13-33-23-26(30)31-12-32-27(23)37)17-7-15(8-17)5-6-21-34-18-9-16(29(2,3)4)10-19(38)22(18)35-21/h9-10,12-15,17,20,24-25,28,38-39H,5-8,11H2,1-4H3,(H,34,35)(H2,30,31,32)/t14?,15-,17+,20-,24-,25-,28-/m1/s1. The van der Waals surface area contributed by atoms with Crippen LogP contribution in [0.5, 0.6) is 5.75 Å². The van der Waals surface area contributed by atoms with E-state index in [9.17, 15) is 10.2 Å². The van der Waals surface area contributed by atoms with Gasteiger partial charge in [-0.3, -0.25) is 9.47 Å². The van der Waals surface area contributed by atoms with Gasteiger partial charge in [-0.05, 0) is 55.2 Å². The number of nitrogens with zero attached hydrogens (tertiary/aromatic N) is 6. The number of aromatic nitrogens is 6. The van der Waals surface area contributed by atoms with Crippen LogP contribution in [0.4, 0.5) is 5.82 Å². The van der Waals surface area contributed by atoms with Crippen molar-refractivity contribution >= 4 is 28.0 Å². The summed E-state index contributed by atoms with van der Waals surface area (Å²) in [7, 11) is 0. The average Bonchev–Trinajstić information content (AvgIpc) is 3.59. The predicted molar refractivity (Wildman–Crippen MR) is 152 cm³/mol. The number of ether oxygens (including phenoxy) is 2. The van der Waals surface area contributed by atoms with E-state index in [0.29, 0.717) is 41.0 Å². The molecular formula is C29H38N8O4. The van der Waals surface area contributed by atoms with Gasteiger partial charge in [0.15, 0.2) is 17.7 Å². The van der Waals surface area contributed by atoms with Gasteiger partial charge in [0, 0.05) is 19.0 Å². The van der Waals surface area contributed by atoms with Crippen LogP contribution >= 0.6 is 0 Å². The van der Waals surface area contributed by atoms with E-state index in [1.807, 2.05) is 6.07 Å². The number of fused-ring (bicyclic) bond motifs is 3. The Bertz CT molecular complexity index is 1590. The van der Waals surface area contributed by atoms with Crippen molar-refractivity contribution in [1.82, 2.24) is 34.4 Å². The fourth-order valence-electron chi connectivity index (χ4n) is 6.67. The van der Waals surface area contributed by atoms with E-state index >= 15 is 0 Å². The van der Waals surface area contributed by atoms with Gasteiger partial charge in [0.05, 0.1) is 11.8 Å². The molecule has 3 fully saturated rings. The summed E-state index contributed by atoms with van der Waals surface area (Å²) in [6, 6.07) is 4.32. The quantitative estimate of drug-likeness (QED) is 0.285. The molecule has 12 heteroatoms. The first kappa shape index (κ1) is 26.6. The van der Waals surface area contributed by atoms with E-state index in [1.54, 1.807) is 10.9 Å². The molecule has 7 rings (SSSR count). The average molecular weight is 563 g/mol. The Morgan fingerprint density at radius 1 is 1.15 bits per heavy atom. The van der Waals surface area contributed by atoms with Gasteiger partial charge in [-0.15, -0.1) is 0 Å². The number of nitrogen functional groups attached to an aromatic ring is 1. The minimum Gasteiger partial charge on any atom is -0.506 e. The third-order valence-corrected chi connectivity index (χ3v) is 9.14. The lowest BCUT2D eigenvalue weighted by molar-refractivity contribution is -0.199. The second-order valence-electron chi connectivity index (χ2n) is 12.9. The SMILES string of the molecule is CC1O[C@H]2[C@@H](O)[C@H](n3cnc4c(N)ncnc43)O[C@@H]2CN1[C@H]1C[C@@H](CCc2nc3cc(C(C)(C)C)cc(O)c3[nH]2)C1. The number of benzene rings is 1. The highest BCUT2D eigenvalue weighted by atomic mass is 16.6. The van der Waals surface area contributed by atoms with Crippen LogP contribution in [-0.2, 0) is 21.3 Å². The van der Waals surface area contributed by atoms with Crippen LogP contribution in [0.3, 0.4) is 0 Å². The number of nitrogens with one attached hydrogen (secondary N) is 1. The fraction of sp³-hybridized carbons (Fsp3) is 0.586. The maximum absolute atomic E-state index is 11.1. The highest BCUT2D eigenvalue weighted by Crippen LogP contribution is 2.42. The lowest BCUT2D eigenvalue weighted by Crippen LogP contribution is -2.59. The van der Waals surface area contributed by atoms with E-state index in [4.69, 9.17) is 20.2 Å². The number of H-pyrrole nitrogens is 1. The monoisotopic (exact) mass is 562 g/mol. The van der Waals surface area contributed by atoms with Gasteiger partial charge in [0.1, 0.15) is 53.5 Å². The Morgan fingerprint density at radius 2 is 1.95 bits per heavy atom. The van der Waals surface area contributed by atoms with Gasteiger partial charge >= 0.3 is 0 Å². The van der Waals surface area contributed by atoms with Gasteiger partial charge in [0.2, 0.25) is 0 Å². The summed E-state index contributed by atoms with van der Waals surface area (Å²) in [5.41, 5.74) is 9.51. The van der Waals surface area contributed by atoms with Gasteiger partial charge in [-0.25, -0.2) is 19.9 Å². The number of rotatable bonds is 5. The molecule has 1 saturated carbocycles. The summed E-state index contributed by atoms with van der Waals surface area (Å²) in [6.45, 7) is 9.15. The predicted octanol–water partition coefficient (Wildman–Crippen LogP) is 3.00. The zero-order valence-corrected chi connectivity index (χ0v) is 23.9. The molecule has 3 aromatic heterocycles. The number of nitrogens with two attached hydrogens (primary N) is 1. The zero-order chi connectivity index (χ0) is 28.6.